The van der Waals surface area contributed by atoms with Crippen LogP contribution < -0.4 is 5.32 Å². The zero-order chi connectivity index (χ0) is 13.2. The normalized spacial score (nSPS) is 25.8. The maximum Gasteiger partial charge on any atom is 0.123 e. The Labute approximate surface area is 109 Å². The van der Waals surface area contributed by atoms with Crippen LogP contribution in [0.3, 0.4) is 0 Å². The van der Waals surface area contributed by atoms with Gasteiger partial charge in [0.2, 0.25) is 0 Å². The summed E-state index contributed by atoms with van der Waals surface area (Å²) in [6.45, 7) is 8.15. The Morgan fingerprint density at radius 2 is 2.11 bits per heavy atom. The van der Waals surface area contributed by atoms with Crippen molar-refractivity contribution in [2.45, 2.75) is 39.3 Å². The van der Waals surface area contributed by atoms with Gasteiger partial charge in [-0.1, -0.05) is 32.9 Å². The molecule has 2 nitrogen and oxygen atoms in total. The van der Waals surface area contributed by atoms with Gasteiger partial charge < -0.3 is 10.1 Å². The molecular formula is C15H22FNO. The molecule has 1 aliphatic heterocycles. The van der Waals surface area contributed by atoms with Crippen molar-refractivity contribution in [3.05, 3.63) is 35.6 Å². The first-order valence-corrected chi connectivity index (χ1v) is 6.57. The standard InChI is InChI=1S/C15H22FNO/c1-15(2,3)14-7-8-18-13(10-17-14)11-5-4-6-12(16)9-11/h4-6,9,13-14,17H,7-8,10H2,1-3H3. The SMILES string of the molecule is CC(C)(C)C1CCOC(c2cccc(F)c2)CN1. The summed E-state index contributed by atoms with van der Waals surface area (Å²) in [5, 5.41) is 3.54. The first kappa shape index (κ1) is 13.5. The Balaban J connectivity index is 2.05. The lowest BCUT2D eigenvalue weighted by atomic mass is 9.85. The average Bonchev–Trinajstić information content (AvgIpc) is 2.53. The average molecular weight is 251 g/mol. The summed E-state index contributed by atoms with van der Waals surface area (Å²) >= 11 is 0. The minimum Gasteiger partial charge on any atom is -0.372 e. The van der Waals surface area contributed by atoms with Gasteiger partial charge in [-0.15, -0.1) is 0 Å². The summed E-state index contributed by atoms with van der Waals surface area (Å²) in [7, 11) is 0. The minimum absolute atomic E-state index is 0.0481. The van der Waals surface area contributed by atoms with Gasteiger partial charge in [0.15, 0.2) is 0 Å². The van der Waals surface area contributed by atoms with Crippen molar-refractivity contribution in [3.63, 3.8) is 0 Å². The second-order valence-corrected chi connectivity index (χ2v) is 6.03. The van der Waals surface area contributed by atoms with Gasteiger partial charge in [0.05, 0.1) is 6.10 Å². The fourth-order valence-electron chi connectivity index (χ4n) is 2.40. The van der Waals surface area contributed by atoms with Crippen LogP contribution in [0.5, 0.6) is 0 Å². The number of hydrogen-bond acceptors (Lipinski definition) is 2. The van der Waals surface area contributed by atoms with Gasteiger partial charge in [-0.05, 0) is 29.5 Å². The van der Waals surface area contributed by atoms with Crippen LogP contribution in [0.2, 0.25) is 0 Å². The van der Waals surface area contributed by atoms with Crippen LogP contribution in [0.4, 0.5) is 4.39 Å². The van der Waals surface area contributed by atoms with Crippen LogP contribution in [-0.4, -0.2) is 19.2 Å². The molecule has 1 aromatic carbocycles. The Morgan fingerprint density at radius 1 is 1.33 bits per heavy atom. The lowest BCUT2D eigenvalue weighted by molar-refractivity contribution is 0.0652. The molecule has 1 heterocycles. The highest BCUT2D eigenvalue weighted by Gasteiger charge is 2.28. The highest BCUT2D eigenvalue weighted by molar-refractivity contribution is 5.19. The second-order valence-electron chi connectivity index (χ2n) is 6.03. The molecule has 3 heteroatoms. The van der Waals surface area contributed by atoms with Crippen molar-refractivity contribution >= 4 is 0 Å². The van der Waals surface area contributed by atoms with E-state index >= 15 is 0 Å². The summed E-state index contributed by atoms with van der Waals surface area (Å²) in [5.74, 6) is -0.201. The summed E-state index contributed by atoms with van der Waals surface area (Å²) in [6, 6.07) is 7.12. The highest BCUT2D eigenvalue weighted by Crippen LogP contribution is 2.27. The van der Waals surface area contributed by atoms with Crippen molar-refractivity contribution in [2.75, 3.05) is 13.2 Å². The Bertz CT molecular complexity index is 400. The van der Waals surface area contributed by atoms with Crippen LogP contribution >= 0.6 is 0 Å². The van der Waals surface area contributed by atoms with Gasteiger partial charge in [0.25, 0.3) is 0 Å². The fourth-order valence-corrected chi connectivity index (χ4v) is 2.40. The van der Waals surface area contributed by atoms with E-state index in [-0.39, 0.29) is 17.3 Å². The molecule has 0 radical (unpaired) electrons. The molecule has 2 rings (SSSR count). The maximum atomic E-state index is 13.2. The molecule has 18 heavy (non-hydrogen) atoms. The minimum atomic E-state index is -0.201. The van der Waals surface area contributed by atoms with Crippen molar-refractivity contribution in [2.24, 2.45) is 5.41 Å². The Kier molecular flexibility index (Phi) is 4.03. The second kappa shape index (κ2) is 5.37. The number of halogens is 1. The van der Waals surface area contributed by atoms with E-state index in [0.717, 1.165) is 25.1 Å². The van der Waals surface area contributed by atoms with Crippen LogP contribution in [0.15, 0.2) is 24.3 Å². The van der Waals surface area contributed by atoms with E-state index in [4.69, 9.17) is 4.74 Å². The van der Waals surface area contributed by atoms with Crippen LogP contribution in [-0.2, 0) is 4.74 Å². The molecule has 2 unspecified atom stereocenters. The van der Waals surface area contributed by atoms with Crippen LogP contribution in [0.1, 0.15) is 38.9 Å². The van der Waals surface area contributed by atoms with Crippen molar-refractivity contribution in [1.29, 1.82) is 0 Å². The zero-order valence-corrected chi connectivity index (χ0v) is 11.4. The van der Waals surface area contributed by atoms with Gasteiger partial charge in [0, 0.05) is 19.2 Å². The van der Waals surface area contributed by atoms with Crippen LogP contribution in [0, 0.1) is 11.2 Å². The predicted octanol–water partition coefficient (Wildman–Crippen LogP) is 3.29. The predicted molar refractivity (Wildman–Crippen MR) is 71.0 cm³/mol. The number of ether oxygens (including phenoxy) is 1. The third-order valence-electron chi connectivity index (χ3n) is 3.54. The van der Waals surface area contributed by atoms with Crippen LogP contribution in [0.25, 0.3) is 0 Å². The topological polar surface area (TPSA) is 21.3 Å². The van der Waals surface area contributed by atoms with E-state index < -0.39 is 0 Å². The number of rotatable bonds is 1. The highest BCUT2D eigenvalue weighted by atomic mass is 19.1. The molecule has 0 aromatic heterocycles. The lowest BCUT2D eigenvalue weighted by Crippen LogP contribution is -2.40. The third kappa shape index (κ3) is 3.30. The molecule has 1 aromatic rings. The largest absolute Gasteiger partial charge is 0.372 e. The zero-order valence-electron chi connectivity index (χ0n) is 11.4. The van der Waals surface area contributed by atoms with Gasteiger partial charge in [0.1, 0.15) is 5.82 Å². The molecule has 0 amide bonds. The van der Waals surface area contributed by atoms with E-state index in [9.17, 15) is 4.39 Å². The van der Waals surface area contributed by atoms with E-state index in [1.54, 1.807) is 12.1 Å². The van der Waals surface area contributed by atoms with E-state index in [1.807, 2.05) is 6.07 Å². The third-order valence-corrected chi connectivity index (χ3v) is 3.54. The molecule has 100 valence electrons. The molecular weight excluding hydrogens is 229 g/mol. The summed E-state index contributed by atoms with van der Waals surface area (Å²) < 4.78 is 19.1. The Hall–Kier alpha value is -0.930. The molecule has 1 N–H and O–H groups in total. The maximum absolute atomic E-state index is 13.2. The molecule has 1 saturated heterocycles. The quantitative estimate of drug-likeness (QED) is 0.827. The van der Waals surface area contributed by atoms with Gasteiger partial charge in [-0.3, -0.25) is 0 Å². The molecule has 1 aliphatic rings. The van der Waals surface area contributed by atoms with Gasteiger partial charge in [-0.2, -0.15) is 0 Å². The van der Waals surface area contributed by atoms with Gasteiger partial charge >= 0.3 is 0 Å². The van der Waals surface area contributed by atoms with Crippen molar-refractivity contribution < 1.29 is 9.13 Å². The molecule has 1 fully saturated rings. The summed E-state index contributed by atoms with van der Waals surface area (Å²) in [6.07, 6.45) is 0.947. The van der Waals surface area contributed by atoms with Gasteiger partial charge in [-0.25, -0.2) is 4.39 Å². The fraction of sp³-hybridized carbons (Fsp3) is 0.600. The van der Waals surface area contributed by atoms with Crippen molar-refractivity contribution in [1.82, 2.24) is 5.32 Å². The Morgan fingerprint density at radius 3 is 2.78 bits per heavy atom. The molecule has 0 spiro atoms. The van der Waals surface area contributed by atoms with E-state index in [1.165, 1.54) is 6.07 Å². The first-order valence-electron chi connectivity index (χ1n) is 6.57. The first-order chi connectivity index (χ1) is 8.47. The molecule has 2 atom stereocenters. The number of benzene rings is 1. The van der Waals surface area contributed by atoms with E-state index in [0.29, 0.717) is 6.04 Å². The molecule has 0 bridgehead atoms. The summed E-state index contributed by atoms with van der Waals surface area (Å²) in [4.78, 5) is 0. The van der Waals surface area contributed by atoms with E-state index in [2.05, 4.69) is 26.1 Å². The molecule has 0 aliphatic carbocycles. The lowest BCUT2D eigenvalue weighted by Gasteiger charge is -2.30. The van der Waals surface area contributed by atoms with Crippen molar-refractivity contribution in [3.8, 4) is 0 Å². The number of nitrogens with one attached hydrogen (secondary N) is 1. The monoisotopic (exact) mass is 251 g/mol. The summed E-state index contributed by atoms with van der Waals surface area (Å²) in [5.41, 5.74) is 1.14. The molecule has 0 saturated carbocycles. The number of hydrogen-bond donors (Lipinski definition) is 1. The smallest absolute Gasteiger partial charge is 0.123 e.